The van der Waals surface area contributed by atoms with Gasteiger partial charge >= 0.3 is 0 Å². The molecule has 0 unspecified atom stereocenters. The molecule has 2 aromatic rings. The number of rotatable bonds is 3. The van der Waals surface area contributed by atoms with Crippen molar-refractivity contribution in [3.05, 3.63) is 34.0 Å². The van der Waals surface area contributed by atoms with Gasteiger partial charge in [-0.25, -0.2) is 0 Å². The highest BCUT2D eigenvalue weighted by Gasteiger charge is 2.35. The maximum atomic E-state index is 12.5. The molecule has 3 fully saturated rings. The van der Waals surface area contributed by atoms with Crippen molar-refractivity contribution in [3.8, 4) is 9.75 Å². The van der Waals surface area contributed by atoms with Crippen LogP contribution in [0, 0.1) is 12.8 Å². The van der Waals surface area contributed by atoms with Crippen LogP contribution >= 0.6 is 22.7 Å². The quantitative estimate of drug-likeness (QED) is 0.931. The van der Waals surface area contributed by atoms with E-state index in [-0.39, 0.29) is 5.91 Å². The largest absolute Gasteiger partial charge is 0.347 e. The number of nitrogens with one attached hydrogen (secondary N) is 1. The van der Waals surface area contributed by atoms with Gasteiger partial charge in [0.1, 0.15) is 0 Å². The van der Waals surface area contributed by atoms with Gasteiger partial charge < -0.3 is 10.2 Å². The number of carbonyl (C=O) groups excluding carboxylic acids is 1. The van der Waals surface area contributed by atoms with Crippen LogP contribution < -0.4 is 5.32 Å². The highest BCUT2D eigenvalue weighted by atomic mass is 32.1. The van der Waals surface area contributed by atoms with Gasteiger partial charge in [0, 0.05) is 27.2 Å². The first-order chi connectivity index (χ1) is 10.7. The van der Waals surface area contributed by atoms with Gasteiger partial charge in [-0.1, -0.05) is 0 Å². The molecule has 3 saturated heterocycles. The third-order valence-electron chi connectivity index (χ3n) is 4.79. The van der Waals surface area contributed by atoms with E-state index in [1.807, 2.05) is 6.07 Å². The Morgan fingerprint density at radius 3 is 2.50 bits per heavy atom. The van der Waals surface area contributed by atoms with Gasteiger partial charge in [0.2, 0.25) is 0 Å². The van der Waals surface area contributed by atoms with Gasteiger partial charge in [0.15, 0.2) is 0 Å². The molecular weight excluding hydrogens is 312 g/mol. The zero-order chi connectivity index (χ0) is 15.1. The van der Waals surface area contributed by atoms with E-state index >= 15 is 0 Å². The van der Waals surface area contributed by atoms with Crippen LogP contribution in [-0.2, 0) is 0 Å². The molecule has 5 rings (SSSR count). The SMILES string of the molecule is Cc1ccc(-c2ccc(C(=O)N[C@H]3CN4CCC3CC4)s2)s1. The maximum absolute atomic E-state index is 12.5. The van der Waals surface area contributed by atoms with E-state index in [2.05, 4.69) is 35.3 Å². The second-order valence-electron chi connectivity index (χ2n) is 6.29. The van der Waals surface area contributed by atoms with E-state index in [1.54, 1.807) is 22.7 Å². The van der Waals surface area contributed by atoms with Gasteiger partial charge in [0.25, 0.3) is 5.91 Å². The molecule has 1 amide bonds. The van der Waals surface area contributed by atoms with Crippen molar-refractivity contribution in [3.63, 3.8) is 0 Å². The Kier molecular flexibility index (Phi) is 3.80. The number of hydrogen-bond acceptors (Lipinski definition) is 4. The second-order valence-corrected chi connectivity index (χ2v) is 8.66. The monoisotopic (exact) mass is 332 g/mol. The molecule has 0 spiro atoms. The molecule has 3 aliphatic heterocycles. The lowest BCUT2D eigenvalue weighted by Crippen LogP contribution is -2.57. The number of nitrogens with zero attached hydrogens (tertiary/aromatic N) is 1. The number of piperidine rings is 3. The number of fused-ring (bicyclic) bond motifs is 3. The molecule has 5 heterocycles. The predicted octanol–water partition coefficient (Wildman–Crippen LogP) is 3.61. The summed E-state index contributed by atoms with van der Waals surface area (Å²) in [5.74, 6) is 0.775. The minimum atomic E-state index is 0.100. The number of aryl methyl sites for hydroxylation is 1. The number of hydrogen-bond donors (Lipinski definition) is 1. The van der Waals surface area contributed by atoms with Crippen LogP contribution in [0.15, 0.2) is 24.3 Å². The molecule has 1 atom stereocenters. The molecule has 2 bridgehead atoms. The topological polar surface area (TPSA) is 32.3 Å². The standard InChI is InChI=1S/C17H20N2OS2/c1-11-2-3-14(21-11)15-4-5-16(22-15)17(20)18-13-10-19-8-6-12(13)7-9-19/h2-5,12-13H,6-10H2,1H3,(H,18,20)/t13-/m0/s1. The molecule has 22 heavy (non-hydrogen) atoms. The Balaban J connectivity index is 1.46. The van der Waals surface area contributed by atoms with Crippen molar-refractivity contribution in [1.29, 1.82) is 0 Å². The highest BCUT2D eigenvalue weighted by molar-refractivity contribution is 7.23. The molecule has 0 radical (unpaired) electrons. The Labute approximate surface area is 139 Å². The number of amides is 1. The lowest BCUT2D eigenvalue weighted by molar-refractivity contribution is 0.0622. The molecule has 3 aliphatic rings. The molecule has 3 nitrogen and oxygen atoms in total. The van der Waals surface area contributed by atoms with Crippen LogP contribution in [-0.4, -0.2) is 36.5 Å². The molecule has 1 N–H and O–H groups in total. The summed E-state index contributed by atoms with van der Waals surface area (Å²) >= 11 is 3.38. The van der Waals surface area contributed by atoms with Crippen LogP contribution in [0.2, 0.25) is 0 Å². The first-order valence-electron chi connectivity index (χ1n) is 7.89. The molecular formula is C17H20N2OS2. The van der Waals surface area contributed by atoms with Gasteiger partial charge in [-0.15, -0.1) is 22.7 Å². The lowest BCUT2D eigenvalue weighted by atomic mass is 9.84. The van der Waals surface area contributed by atoms with E-state index in [0.717, 1.165) is 11.4 Å². The number of carbonyl (C=O) groups is 1. The van der Waals surface area contributed by atoms with E-state index in [0.29, 0.717) is 12.0 Å². The average molecular weight is 332 g/mol. The summed E-state index contributed by atoms with van der Waals surface area (Å²) in [6.45, 7) is 5.55. The first-order valence-corrected chi connectivity index (χ1v) is 9.52. The van der Waals surface area contributed by atoms with E-state index in [4.69, 9.17) is 0 Å². The minimum Gasteiger partial charge on any atom is -0.347 e. The average Bonchev–Trinajstić information content (AvgIpc) is 3.17. The molecule has 5 heteroatoms. The number of thiophene rings is 2. The Bertz CT molecular complexity index is 682. The summed E-state index contributed by atoms with van der Waals surface area (Å²) in [6, 6.07) is 8.64. The van der Waals surface area contributed by atoms with Crippen LogP contribution in [0.5, 0.6) is 0 Å². The summed E-state index contributed by atoms with van der Waals surface area (Å²) in [5, 5.41) is 3.27. The lowest BCUT2D eigenvalue weighted by Gasteiger charge is -2.44. The molecule has 0 aliphatic carbocycles. The third-order valence-corrected chi connectivity index (χ3v) is 7.07. The minimum absolute atomic E-state index is 0.100. The Hall–Kier alpha value is -1.17. The highest BCUT2D eigenvalue weighted by Crippen LogP contribution is 2.34. The van der Waals surface area contributed by atoms with Crippen LogP contribution in [0.3, 0.4) is 0 Å². The summed E-state index contributed by atoms with van der Waals surface area (Å²) in [5.41, 5.74) is 0. The molecule has 2 aromatic heterocycles. The van der Waals surface area contributed by atoms with Gasteiger partial charge in [0.05, 0.1) is 4.88 Å². The van der Waals surface area contributed by atoms with Crippen molar-refractivity contribution in [2.75, 3.05) is 19.6 Å². The van der Waals surface area contributed by atoms with Crippen LogP contribution in [0.25, 0.3) is 9.75 Å². The summed E-state index contributed by atoms with van der Waals surface area (Å²) in [7, 11) is 0. The van der Waals surface area contributed by atoms with E-state index in [9.17, 15) is 4.79 Å². The first kappa shape index (κ1) is 14.4. The normalized spacial score (nSPS) is 27.0. The fourth-order valence-corrected chi connectivity index (χ4v) is 5.39. The maximum Gasteiger partial charge on any atom is 0.261 e. The Morgan fingerprint density at radius 2 is 1.86 bits per heavy atom. The van der Waals surface area contributed by atoms with Gasteiger partial charge in [-0.3, -0.25) is 4.79 Å². The molecule has 0 aromatic carbocycles. The predicted molar refractivity (Wildman–Crippen MR) is 92.8 cm³/mol. The van der Waals surface area contributed by atoms with Crippen molar-refractivity contribution in [2.45, 2.75) is 25.8 Å². The summed E-state index contributed by atoms with van der Waals surface area (Å²) in [4.78, 5) is 19.6. The second kappa shape index (κ2) is 5.80. The Morgan fingerprint density at radius 1 is 1.14 bits per heavy atom. The van der Waals surface area contributed by atoms with Gasteiger partial charge in [-0.05, 0) is 63.0 Å². The molecule has 0 saturated carbocycles. The fraction of sp³-hybridized carbons (Fsp3) is 0.471. The summed E-state index contributed by atoms with van der Waals surface area (Å²) in [6.07, 6.45) is 2.46. The van der Waals surface area contributed by atoms with Crippen molar-refractivity contribution < 1.29 is 4.79 Å². The van der Waals surface area contributed by atoms with E-state index < -0.39 is 0 Å². The smallest absolute Gasteiger partial charge is 0.261 e. The van der Waals surface area contributed by atoms with Crippen molar-refractivity contribution >= 4 is 28.6 Å². The zero-order valence-electron chi connectivity index (χ0n) is 12.7. The van der Waals surface area contributed by atoms with E-state index in [1.165, 1.54) is 40.6 Å². The van der Waals surface area contributed by atoms with Gasteiger partial charge in [-0.2, -0.15) is 0 Å². The van der Waals surface area contributed by atoms with Crippen molar-refractivity contribution in [2.24, 2.45) is 5.92 Å². The zero-order valence-corrected chi connectivity index (χ0v) is 14.3. The van der Waals surface area contributed by atoms with Crippen LogP contribution in [0.1, 0.15) is 27.4 Å². The third kappa shape index (κ3) is 2.73. The molecule has 116 valence electrons. The van der Waals surface area contributed by atoms with Crippen LogP contribution in [0.4, 0.5) is 0 Å². The summed E-state index contributed by atoms with van der Waals surface area (Å²) < 4.78 is 0. The fourth-order valence-electron chi connectivity index (χ4n) is 3.53. The van der Waals surface area contributed by atoms with Crippen molar-refractivity contribution in [1.82, 2.24) is 10.2 Å².